The fourth-order valence-corrected chi connectivity index (χ4v) is 8.00. The van der Waals surface area contributed by atoms with Crippen molar-refractivity contribution < 1.29 is 14.4 Å². The van der Waals surface area contributed by atoms with Gasteiger partial charge in [-0.25, -0.2) is 0 Å². The lowest BCUT2D eigenvalue weighted by Crippen LogP contribution is -2.62. The van der Waals surface area contributed by atoms with Crippen LogP contribution in [-0.2, 0) is 14.4 Å². The molecule has 0 spiro atoms. The fourth-order valence-electron chi connectivity index (χ4n) is 5.71. The summed E-state index contributed by atoms with van der Waals surface area (Å²) in [6.45, 7) is 11.8. The molecule has 0 radical (unpaired) electrons. The van der Waals surface area contributed by atoms with E-state index < -0.39 is 7.92 Å². The van der Waals surface area contributed by atoms with Crippen LogP contribution >= 0.6 is 7.92 Å². The monoisotopic (exact) mass is 525 g/mol. The Balaban J connectivity index is 1.52. The van der Waals surface area contributed by atoms with E-state index in [4.69, 9.17) is 9.57 Å². The summed E-state index contributed by atoms with van der Waals surface area (Å²) in [6.07, 6.45) is 10.2. The topological polar surface area (TPSA) is 38.8 Å². The maximum atomic E-state index is 13.0. The Labute approximate surface area is 226 Å². The summed E-state index contributed by atoms with van der Waals surface area (Å²) in [6, 6.07) is 21.1. The smallest absolute Gasteiger partial charge is 0.306 e. The number of hydrogen-bond acceptors (Lipinski definition) is 4. The van der Waals surface area contributed by atoms with Crippen molar-refractivity contribution in [2.45, 2.75) is 110 Å². The highest BCUT2D eigenvalue weighted by Crippen LogP contribution is 2.40. The van der Waals surface area contributed by atoms with Gasteiger partial charge in [-0.3, -0.25) is 9.63 Å². The van der Waals surface area contributed by atoms with Crippen molar-refractivity contribution in [3.63, 3.8) is 0 Å². The minimum absolute atomic E-state index is 0.0857. The van der Waals surface area contributed by atoms with E-state index in [9.17, 15) is 4.79 Å². The first kappa shape index (κ1) is 29.8. The first-order valence-electron chi connectivity index (χ1n) is 14.2. The first-order chi connectivity index (χ1) is 17.7. The molecular formula is C32H48NO3P. The number of carbonyl (C=O) groups is 1. The number of rotatable bonds is 14. The Hall–Kier alpha value is -1.74. The Morgan fingerprint density at radius 3 is 1.89 bits per heavy atom. The van der Waals surface area contributed by atoms with Gasteiger partial charge in [0.15, 0.2) is 0 Å². The molecule has 1 aliphatic rings. The third-order valence-corrected chi connectivity index (χ3v) is 9.76. The van der Waals surface area contributed by atoms with E-state index in [0.29, 0.717) is 6.42 Å². The van der Waals surface area contributed by atoms with Gasteiger partial charge in [0.25, 0.3) is 0 Å². The molecule has 0 aromatic heterocycles. The van der Waals surface area contributed by atoms with Crippen LogP contribution in [0.1, 0.15) is 92.4 Å². The maximum absolute atomic E-state index is 13.0. The zero-order chi connectivity index (χ0) is 26.7. The van der Waals surface area contributed by atoms with E-state index in [1.165, 1.54) is 42.7 Å². The number of unbranched alkanes of at least 4 members (excludes halogenated alkanes) is 5. The number of hydrogen-bond donors (Lipinski definition) is 0. The molecule has 2 aromatic rings. The van der Waals surface area contributed by atoms with Crippen molar-refractivity contribution in [2.24, 2.45) is 0 Å². The standard InChI is InChI=1S/C32H48NO3P/c1-6-7-8-9-10-17-23-35-33-31(2,3)25-27(26-32(33,4)5)36-30(34)22-24-37(28-18-13-11-14-19-28)29-20-15-12-16-21-29/h11-16,18-21,27H,6-10,17,22-26H2,1-5H3. The lowest BCUT2D eigenvalue weighted by molar-refractivity contribution is -0.293. The van der Waals surface area contributed by atoms with Gasteiger partial charge < -0.3 is 4.74 Å². The van der Waals surface area contributed by atoms with Crippen molar-refractivity contribution in [3.8, 4) is 0 Å². The van der Waals surface area contributed by atoms with Crippen LogP contribution in [0, 0.1) is 0 Å². The molecule has 0 unspecified atom stereocenters. The summed E-state index contributed by atoms with van der Waals surface area (Å²) in [7, 11) is -0.595. The molecular weight excluding hydrogens is 477 g/mol. The average molecular weight is 526 g/mol. The van der Waals surface area contributed by atoms with E-state index in [1.807, 2.05) is 12.1 Å². The molecule has 4 nitrogen and oxygen atoms in total. The number of esters is 1. The summed E-state index contributed by atoms with van der Waals surface area (Å²) in [5.41, 5.74) is -0.398. The third kappa shape index (κ3) is 9.20. The van der Waals surface area contributed by atoms with Crippen molar-refractivity contribution >= 4 is 24.5 Å². The summed E-state index contributed by atoms with van der Waals surface area (Å²) in [5.74, 6) is -0.0857. The molecule has 0 saturated carbocycles. The number of piperidine rings is 1. The molecule has 5 heteroatoms. The number of nitrogens with zero attached hydrogens (tertiary/aromatic N) is 1. The Morgan fingerprint density at radius 1 is 0.838 bits per heavy atom. The van der Waals surface area contributed by atoms with Crippen LogP contribution in [0.3, 0.4) is 0 Å². The van der Waals surface area contributed by atoms with Gasteiger partial charge in [-0.1, -0.05) is 99.7 Å². The predicted octanol–water partition coefficient (Wildman–Crippen LogP) is 7.37. The maximum Gasteiger partial charge on any atom is 0.306 e. The zero-order valence-electron chi connectivity index (χ0n) is 23.7. The molecule has 0 aliphatic carbocycles. The molecule has 1 aliphatic heterocycles. The highest BCUT2D eigenvalue weighted by atomic mass is 31.1. The average Bonchev–Trinajstić information content (AvgIpc) is 2.85. The van der Waals surface area contributed by atoms with Crippen molar-refractivity contribution in [1.82, 2.24) is 5.06 Å². The van der Waals surface area contributed by atoms with Crippen LogP contribution in [0.2, 0.25) is 0 Å². The molecule has 2 aromatic carbocycles. The predicted molar refractivity (Wildman–Crippen MR) is 157 cm³/mol. The van der Waals surface area contributed by atoms with Gasteiger partial charge in [-0.2, -0.15) is 5.06 Å². The lowest BCUT2D eigenvalue weighted by Gasteiger charge is -2.53. The van der Waals surface area contributed by atoms with Crippen LogP contribution in [0.5, 0.6) is 0 Å². The summed E-state index contributed by atoms with van der Waals surface area (Å²) < 4.78 is 6.10. The zero-order valence-corrected chi connectivity index (χ0v) is 24.6. The summed E-state index contributed by atoms with van der Waals surface area (Å²) in [5, 5.41) is 4.78. The number of benzene rings is 2. The molecule has 1 fully saturated rings. The van der Waals surface area contributed by atoms with Gasteiger partial charge >= 0.3 is 5.97 Å². The quantitative estimate of drug-likeness (QED) is 0.147. The van der Waals surface area contributed by atoms with Crippen LogP contribution in [0.25, 0.3) is 0 Å². The second kappa shape index (κ2) is 14.4. The molecule has 0 bridgehead atoms. The highest BCUT2D eigenvalue weighted by molar-refractivity contribution is 7.73. The fraction of sp³-hybridized carbons (Fsp3) is 0.594. The molecule has 37 heavy (non-hydrogen) atoms. The van der Waals surface area contributed by atoms with Gasteiger partial charge in [-0.05, 0) is 58.8 Å². The Morgan fingerprint density at radius 2 is 1.35 bits per heavy atom. The third-order valence-electron chi connectivity index (χ3n) is 7.25. The van der Waals surface area contributed by atoms with E-state index >= 15 is 0 Å². The van der Waals surface area contributed by atoms with E-state index in [1.54, 1.807) is 0 Å². The Kier molecular flexibility index (Phi) is 11.6. The van der Waals surface area contributed by atoms with Gasteiger partial charge in [0.05, 0.1) is 13.0 Å². The summed E-state index contributed by atoms with van der Waals surface area (Å²) >= 11 is 0. The molecule has 204 valence electrons. The first-order valence-corrected chi connectivity index (χ1v) is 15.8. The minimum atomic E-state index is -0.595. The van der Waals surface area contributed by atoms with Gasteiger partial charge in [0, 0.05) is 23.9 Å². The van der Waals surface area contributed by atoms with Crippen molar-refractivity contribution in [2.75, 3.05) is 12.8 Å². The summed E-state index contributed by atoms with van der Waals surface area (Å²) in [4.78, 5) is 19.4. The molecule has 3 rings (SSSR count). The number of carbonyl (C=O) groups excluding carboxylic acids is 1. The molecule has 0 atom stereocenters. The second-order valence-corrected chi connectivity index (χ2v) is 13.9. The minimum Gasteiger partial charge on any atom is -0.462 e. The molecule has 1 heterocycles. The van der Waals surface area contributed by atoms with Crippen LogP contribution < -0.4 is 10.6 Å². The van der Waals surface area contributed by atoms with Crippen molar-refractivity contribution in [1.29, 1.82) is 0 Å². The number of hydroxylamine groups is 2. The van der Waals surface area contributed by atoms with Gasteiger partial charge in [0.2, 0.25) is 0 Å². The van der Waals surface area contributed by atoms with E-state index in [-0.39, 0.29) is 23.2 Å². The Bertz CT molecular complexity index is 874. The van der Waals surface area contributed by atoms with Gasteiger partial charge in [-0.15, -0.1) is 0 Å². The molecule has 0 amide bonds. The highest BCUT2D eigenvalue weighted by Gasteiger charge is 2.47. The van der Waals surface area contributed by atoms with Crippen LogP contribution in [0.4, 0.5) is 0 Å². The second-order valence-electron chi connectivity index (χ2n) is 11.6. The van der Waals surface area contributed by atoms with E-state index in [0.717, 1.165) is 32.0 Å². The normalized spacial score (nSPS) is 17.7. The molecule has 0 N–H and O–H groups in total. The lowest BCUT2D eigenvalue weighted by atomic mass is 9.80. The SMILES string of the molecule is CCCCCCCCON1C(C)(C)CC(OC(=O)CCP(c2ccccc2)c2ccccc2)CC1(C)C. The number of ether oxygens (including phenoxy) is 1. The van der Waals surface area contributed by atoms with Crippen LogP contribution in [-0.4, -0.2) is 41.0 Å². The molecule has 1 saturated heterocycles. The van der Waals surface area contributed by atoms with Crippen LogP contribution in [0.15, 0.2) is 60.7 Å². The van der Waals surface area contributed by atoms with E-state index in [2.05, 4.69) is 88.2 Å². The van der Waals surface area contributed by atoms with Crippen molar-refractivity contribution in [3.05, 3.63) is 60.7 Å². The van der Waals surface area contributed by atoms with Gasteiger partial charge in [0.1, 0.15) is 6.10 Å². The largest absolute Gasteiger partial charge is 0.462 e.